The fourth-order valence-electron chi connectivity index (χ4n) is 2.60. The van der Waals surface area contributed by atoms with Crippen LogP contribution in [0.5, 0.6) is 0 Å². The summed E-state index contributed by atoms with van der Waals surface area (Å²) >= 11 is 0. The molecule has 0 aliphatic carbocycles. The summed E-state index contributed by atoms with van der Waals surface area (Å²) in [4.78, 5) is 2.57. The highest BCUT2D eigenvalue weighted by atomic mass is 16.5. The van der Waals surface area contributed by atoms with Crippen molar-refractivity contribution in [3.8, 4) is 0 Å². The number of nitrogens with zero attached hydrogens (tertiary/aromatic N) is 1. The first kappa shape index (κ1) is 10.3. The van der Waals surface area contributed by atoms with E-state index in [9.17, 15) is 0 Å². The van der Waals surface area contributed by atoms with E-state index in [0.29, 0.717) is 6.04 Å². The lowest BCUT2D eigenvalue weighted by atomic mass is 9.95. The van der Waals surface area contributed by atoms with Gasteiger partial charge in [0, 0.05) is 13.1 Å². The quantitative estimate of drug-likeness (QED) is 0.751. The van der Waals surface area contributed by atoms with Crippen molar-refractivity contribution in [2.45, 2.75) is 32.4 Å². The van der Waals surface area contributed by atoms with Gasteiger partial charge in [-0.3, -0.25) is 4.90 Å². The Morgan fingerprint density at radius 1 is 1.31 bits per heavy atom. The van der Waals surface area contributed by atoms with Crippen LogP contribution in [0.4, 0.5) is 0 Å². The molecular formula is C14H19NO. The zero-order valence-electron chi connectivity index (χ0n) is 9.91. The number of fused-ring (bicyclic) bond motifs is 1. The Bertz CT molecular complexity index is 384. The Balaban J connectivity index is 1.80. The average molecular weight is 217 g/mol. The van der Waals surface area contributed by atoms with Crippen LogP contribution < -0.4 is 0 Å². The molecule has 0 unspecified atom stereocenters. The van der Waals surface area contributed by atoms with Gasteiger partial charge in [0.05, 0.1) is 19.3 Å². The normalized spacial score (nSPS) is 21.6. The molecule has 2 aliphatic heterocycles. The number of aryl methyl sites for hydroxylation is 1. The Morgan fingerprint density at radius 2 is 2.19 bits per heavy atom. The maximum atomic E-state index is 5.28. The summed E-state index contributed by atoms with van der Waals surface area (Å²) in [6, 6.07) is 7.67. The van der Waals surface area contributed by atoms with E-state index >= 15 is 0 Å². The van der Waals surface area contributed by atoms with Crippen molar-refractivity contribution >= 4 is 0 Å². The molecule has 0 radical (unpaired) electrons. The third-order valence-electron chi connectivity index (χ3n) is 3.86. The van der Waals surface area contributed by atoms with Crippen LogP contribution in [0.25, 0.3) is 0 Å². The maximum Gasteiger partial charge on any atom is 0.0645 e. The van der Waals surface area contributed by atoms with Gasteiger partial charge in [0.25, 0.3) is 0 Å². The first-order chi connectivity index (χ1) is 7.86. The molecule has 3 rings (SSSR count). The molecular weight excluding hydrogens is 198 g/mol. The Kier molecular flexibility index (Phi) is 2.70. The second-order valence-corrected chi connectivity index (χ2v) is 4.87. The van der Waals surface area contributed by atoms with Crippen molar-refractivity contribution in [1.29, 1.82) is 0 Å². The molecule has 0 N–H and O–H groups in total. The maximum absolute atomic E-state index is 5.28. The van der Waals surface area contributed by atoms with Crippen LogP contribution in [0.3, 0.4) is 0 Å². The summed E-state index contributed by atoms with van der Waals surface area (Å²) in [6.07, 6.45) is 2.34. The number of hydrogen-bond acceptors (Lipinski definition) is 2. The summed E-state index contributed by atoms with van der Waals surface area (Å²) in [5, 5.41) is 0. The number of rotatable bonds is 2. The van der Waals surface area contributed by atoms with Gasteiger partial charge in [-0.15, -0.1) is 0 Å². The highest BCUT2D eigenvalue weighted by Crippen LogP contribution is 2.24. The third kappa shape index (κ3) is 1.76. The van der Waals surface area contributed by atoms with Crippen LogP contribution in [0.1, 0.15) is 23.6 Å². The second kappa shape index (κ2) is 4.19. The molecule has 2 nitrogen and oxygen atoms in total. The average Bonchev–Trinajstić information content (AvgIpc) is 2.26. The lowest BCUT2D eigenvalue weighted by molar-refractivity contribution is -0.0695. The first-order valence-corrected chi connectivity index (χ1v) is 6.29. The SMILES string of the molecule is CCc1ccc2c(c1)CN(C1COC1)CC2. The summed E-state index contributed by atoms with van der Waals surface area (Å²) < 4.78 is 5.28. The van der Waals surface area contributed by atoms with Crippen LogP contribution >= 0.6 is 0 Å². The van der Waals surface area contributed by atoms with Crippen molar-refractivity contribution < 1.29 is 4.74 Å². The molecule has 0 spiro atoms. The smallest absolute Gasteiger partial charge is 0.0645 e. The van der Waals surface area contributed by atoms with Crippen molar-refractivity contribution in [1.82, 2.24) is 4.90 Å². The summed E-state index contributed by atoms with van der Waals surface area (Å²) in [7, 11) is 0. The van der Waals surface area contributed by atoms with Gasteiger partial charge in [0.1, 0.15) is 0 Å². The molecule has 1 saturated heterocycles. The Hall–Kier alpha value is -0.860. The Morgan fingerprint density at radius 3 is 2.88 bits per heavy atom. The van der Waals surface area contributed by atoms with Gasteiger partial charge in [0.2, 0.25) is 0 Å². The molecule has 16 heavy (non-hydrogen) atoms. The molecule has 0 amide bonds. The van der Waals surface area contributed by atoms with Gasteiger partial charge >= 0.3 is 0 Å². The summed E-state index contributed by atoms with van der Waals surface area (Å²) in [6.45, 7) is 6.41. The first-order valence-electron chi connectivity index (χ1n) is 6.29. The highest BCUT2D eigenvalue weighted by Gasteiger charge is 2.28. The van der Waals surface area contributed by atoms with E-state index in [4.69, 9.17) is 4.74 Å². The van der Waals surface area contributed by atoms with Crippen LogP contribution in [-0.2, 0) is 24.1 Å². The third-order valence-corrected chi connectivity index (χ3v) is 3.86. The van der Waals surface area contributed by atoms with E-state index in [1.807, 2.05) is 0 Å². The summed E-state index contributed by atoms with van der Waals surface area (Å²) in [5.74, 6) is 0. The van der Waals surface area contributed by atoms with E-state index in [-0.39, 0.29) is 0 Å². The van der Waals surface area contributed by atoms with Crippen LogP contribution in [-0.4, -0.2) is 30.7 Å². The van der Waals surface area contributed by atoms with E-state index < -0.39 is 0 Å². The van der Waals surface area contributed by atoms with E-state index in [1.54, 1.807) is 5.56 Å². The number of benzene rings is 1. The molecule has 2 heteroatoms. The second-order valence-electron chi connectivity index (χ2n) is 4.87. The number of ether oxygens (including phenoxy) is 1. The molecule has 0 aromatic heterocycles. The Labute approximate surface area is 97.2 Å². The predicted octanol–water partition coefficient (Wildman–Crippen LogP) is 2.01. The predicted molar refractivity (Wildman–Crippen MR) is 64.5 cm³/mol. The minimum Gasteiger partial charge on any atom is -0.378 e. The molecule has 0 saturated carbocycles. The molecule has 1 fully saturated rings. The van der Waals surface area contributed by atoms with E-state index in [2.05, 4.69) is 30.0 Å². The van der Waals surface area contributed by atoms with Crippen LogP contribution in [0, 0.1) is 0 Å². The number of hydrogen-bond donors (Lipinski definition) is 0. The minimum absolute atomic E-state index is 0.679. The highest BCUT2D eigenvalue weighted by molar-refractivity contribution is 5.34. The van der Waals surface area contributed by atoms with Crippen molar-refractivity contribution in [3.63, 3.8) is 0 Å². The topological polar surface area (TPSA) is 12.5 Å². The van der Waals surface area contributed by atoms with Crippen LogP contribution in [0.2, 0.25) is 0 Å². The van der Waals surface area contributed by atoms with Crippen LogP contribution in [0.15, 0.2) is 18.2 Å². The van der Waals surface area contributed by atoms with E-state index in [1.165, 1.54) is 24.1 Å². The van der Waals surface area contributed by atoms with Gasteiger partial charge in [-0.2, -0.15) is 0 Å². The van der Waals surface area contributed by atoms with E-state index in [0.717, 1.165) is 26.2 Å². The fraction of sp³-hybridized carbons (Fsp3) is 0.571. The molecule has 0 bridgehead atoms. The lowest BCUT2D eigenvalue weighted by Crippen LogP contribution is -2.50. The van der Waals surface area contributed by atoms with Crippen molar-refractivity contribution in [2.75, 3.05) is 19.8 Å². The fourth-order valence-corrected chi connectivity index (χ4v) is 2.60. The lowest BCUT2D eigenvalue weighted by Gasteiger charge is -2.40. The largest absolute Gasteiger partial charge is 0.378 e. The molecule has 1 aromatic carbocycles. The van der Waals surface area contributed by atoms with Crippen molar-refractivity contribution in [2.24, 2.45) is 0 Å². The summed E-state index contributed by atoms with van der Waals surface area (Å²) in [5.41, 5.74) is 4.55. The minimum atomic E-state index is 0.679. The zero-order valence-corrected chi connectivity index (χ0v) is 9.91. The molecule has 2 heterocycles. The molecule has 1 aromatic rings. The standard InChI is InChI=1S/C14H19NO/c1-2-11-3-4-12-5-6-15(8-13(12)7-11)14-9-16-10-14/h3-4,7,14H,2,5-6,8-10H2,1H3. The molecule has 0 atom stereocenters. The van der Waals surface area contributed by atoms with Gasteiger partial charge in [0.15, 0.2) is 0 Å². The molecule has 2 aliphatic rings. The van der Waals surface area contributed by atoms with Gasteiger partial charge in [-0.1, -0.05) is 25.1 Å². The monoisotopic (exact) mass is 217 g/mol. The van der Waals surface area contributed by atoms with Gasteiger partial charge in [-0.05, 0) is 29.5 Å². The van der Waals surface area contributed by atoms with Crippen molar-refractivity contribution in [3.05, 3.63) is 34.9 Å². The molecule has 86 valence electrons. The van der Waals surface area contributed by atoms with Gasteiger partial charge in [-0.25, -0.2) is 0 Å². The zero-order chi connectivity index (χ0) is 11.0. The van der Waals surface area contributed by atoms with Gasteiger partial charge < -0.3 is 4.74 Å².